The highest BCUT2D eigenvalue weighted by atomic mass is 16.3. The molecule has 1 saturated carbocycles. The van der Waals surface area contributed by atoms with E-state index < -0.39 is 0 Å². The lowest BCUT2D eigenvalue weighted by Gasteiger charge is -2.16. The molecular formula is C22H20N2O3. The lowest BCUT2D eigenvalue weighted by molar-refractivity contribution is 0.0949. The molecule has 0 spiro atoms. The van der Waals surface area contributed by atoms with Gasteiger partial charge in [0, 0.05) is 23.2 Å². The zero-order valence-electron chi connectivity index (χ0n) is 14.8. The number of benzene rings is 2. The van der Waals surface area contributed by atoms with Crippen molar-refractivity contribution >= 4 is 17.5 Å². The molecule has 136 valence electrons. The van der Waals surface area contributed by atoms with Gasteiger partial charge in [0.1, 0.15) is 0 Å². The molecule has 5 heteroatoms. The predicted octanol–water partition coefficient (Wildman–Crippen LogP) is 3.99. The first-order chi connectivity index (χ1) is 13.2. The van der Waals surface area contributed by atoms with Crippen molar-refractivity contribution in [2.75, 3.05) is 11.9 Å². The molecule has 1 aliphatic rings. The minimum atomic E-state index is -0.323. The van der Waals surface area contributed by atoms with Crippen molar-refractivity contribution in [3.63, 3.8) is 0 Å². The van der Waals surface area contributed by atoms with Gasteiger partial charge in [0.2, 0.25) is 0 Å². The molecule has 1 heterocycles. The van der Waals surface area contributed by atoms with Crippen LogP contribution in [0.15, 0.2) is 77.4 Å². The maximum atomic E-state index is 12.5. The summed E-state index contributed by atoms with van der Waals surface area (Å²) < 4.78 is 5.06. The van der Waals surface area contributed by atoms with Crippen LogP contribution in [0.3, 0.4) is 0 Å². The van der Waals surface area contributed by atoms with Gasteiger partial charge in [-0.05, 0) is 54.8 Å². The highest BCUT2D eigenvalue weighted by Gasteiger charge is 2.44. The van der Waals surface area contributed by atoms with Crippen LogP contribution in [-0.2, 0) is 5.41 Å². The van der Waals surface area contributed by atoms with E-state index in [1.54, 1.807) is 36.4 Å². The van der Waals surface area contributed by atoms with E-state index in [9.17, 15) is 9.59 Å². The van der Waals surface area contributed by atoms with Gasteiger partial charge in [-0.15, -0.1) is 0 Å². The highest BCUT2D eigenvalue weighted by Crippen LogP contribution is 2.47. The van der Waals surface area contributed by atoms with E-state index in [1.807, 2.05) is 18.2 Å². The van der Waals surface area contributed by atoms with Crippen molar-refractivity contribution in [1.29, 1.82) is 0 Å². The SMILES string of the molecule is O=C(NCC1(c2ccccc2)CC1)c1ccc(NC(=O)c2ccco2)cc1. The molecule has 0 saturated heterocycles. The Kier molecular flexibility index (Phi) is 4.50. The van der Waals surface area contributed by atoms with Crippen LogP contribution < -0.4 is 10.6 Å². The van der Waals surface area contributed by atoms with E-state index >= 15 is 0 Å². The van der Waals surface area contributed by atoms with E-state index in [-0.39, 0.29) is 23.0 Å². The molecule has 27 heavy (non-hydrogen) atoms. The molecule has 2 aromatic carbocycles. The van der Waals surface area contributed by atoms with Crippen LogP contribution in [-0.4, -0.2) is 18.4 Å². The van der Waals surface area contributed by atoms with E-state index in [0.717, 1.165) is 12.8 Å². The Bertz CT molecular complexity index is 927. The van der Waals surface area contributed by atoms with Gasteiger partial charge in [0.05, 0.1) is 6.26 Å². The third kappa shape index (κ3) is 3.77. The van der Waals surface area contributed by atoms with Crippen LogP contribution in [0.2, 0.25) is 0 Å². The van der Waals surface area contributed by atoms with Crippen molar-refractivity contribution in [2.45, 2.75) is 18.3 Å². The largest absolute Gasteiger partial charge is 0.459 e. The van der Waals surface area contributed by atoms with Crippen LogP contribution in [0.4, 0.5) is 5.69 Å². The molecule has 0 unspecified atom stereocenters. The number of amides is 2. The maximum Gasteiger partial charge on any atom is 0.291 e. The summed E-state index contributed by atoms with van der Waals surface area (Å²) in [5.74, 6) is -0.190. The summed E-state index contributed by atoms with van der Waals surface area (Å²) in [7, 11) is 0. The van der Waals surface area contributed by atoms with Crippen molar-refractivity contribution in [3.05, 3.63) is 89.9 Å². The van der Waals surface area contributed by atoms with Crippen LogP contribution >= 0.6 is 0 Å². The smallest absolute Gasteiger partial charge is 0.291 e. The third-order valence-electron chi connectivity index (χ3n) is 4.98. The Labute approximate surface area is 157 Å². The molecule has 2 amide bonds. The van der Waals surface area contributed by atoms with Gasteiger partial charge >= 0.3 is 0 Å². The third-order valence-corrected chi connectivity index (χ3v) is 4.98. The molecule has 1 aliphatic carbocycles. The summed E-state index contributed by atoms with van der Waals surface area (Å²) >= 11 is 0. The summed E-state index contributed by atoms with van der Waals surface area (Å²) in [6.45, 7) is 0.632. The number of furan rings is 1. The van der Waals surface area contributed by atoms with E-state index in [2.05, 4.69) is 22.8 Å². The van der Waals surface area contributed by atoms with Crippen LogP contribution in [0.1, 0.15) is 39.3 Å². The minimum Gasteiger partial charge on any atom is -0.459 e. The molecule has 3 aromatic rings. The van der Waals surface area contributed by atoms with Crippen molar-refractivity contribution in [1.82, 2.24) is 5.32 Å². The van der Waals surface area contributed by atoms with Gasteiger partial charge in [-0.1, -0.05) is 30.3 Å². The number of anilines is 1. The number of carbonyl (C=O) groups is 2. The fourth-order valence-electron chi connectivity index (χ4n) is 3.17. The second-order valence-electron chi connectivity index (χ2n) is 6.84. The quantitative estimate of drug-likeness (QED) is 0.698. The number of rotatable bonds is 6. The molecule has 0 bridgehead atoms. The normalized spacial score (nSPS) is 14.4. The summed E-state index contributed by atoms with van der Waals surface area (Å²) in [4.78, 5) is 24.4. The number of carbonyl (C=O) groups excluding carboxylic acids is 2. The number of hydrogen-bond acceptors (Lipinski definition) is 3. The molecule has 1 aromatic heterocycles. The van der Waals surface area contributed by atoms with Crippen LogP contribution in [0, 0.1) is 0 Å². The standard InChI is InChI=1S/C22H20N2O3/c25-20(23-15-22(12-13-22)17-5-2-1-3-6-17)16-8-10-18(11-9-16)24-21(26)19-7-4-14-27-19/h1-11,14H,12-13,15H2,(H,23,25)(H,24,26). The summed E-state index contributed by atoms with van der Waals surface area (Å²) in [5, 5.41) is 5.78. The Morgan fingerprint density at radius 3 is 2.26 bits per heavy atom. The summed E-state index contributed by atoms with van der Waals surface area (Å²) in [6, 6.07) is 20.4. The zero-order valence-corrected chi connectivity index (χ0v) is 14.8. The molecular weight excluding hydrogens is 340 g/mol. The van der Waals surface area contributed by atoms with E-state index in [1.165, 1.54) is 11.8 Å². The summed E-state index contributed by atoms with van der Waals surface area (Å²) in [5.41, 5.74) is 2.53. The Morgan fingerprint density at radius 2 is 1.63 bits per heavy atom. The number of nitrogens with one attached hydrogen (secondary N) is 2. The summed E-state index contributed by atoms with van der Waals surface area (Å²) in [6.07, 6.45) is 3.63. The van der Waals surface area contributed by atoms with Crippen molar-refractivity contribution in [2.24, 2.45) is 0 Å². The Hall–Kier alpha value is -3.34. The molecule has 0 radical (unpaired) electrons. The molecule has 0 atom stereocenters. The molecule has 5 nitrogen and oxygen atoms in total. The highest BCUT2D eigenvalue weighted by molar-refractivity contribution is 6.02. The lowest BCUT2D eigenvalue weighted by atomic mass is 9.96. The lowest BCUT2D eigenvalue weighted by Crippen LogP contribution is -2.32. The second kappa shape index (κ2) is 7.11. The predicted molar refractivity (Wildman–Crippen MR) is 103 cm³/mol. The number of hydrogen-bond donors (Lipinski definition) is 2. The monoisotopic (exact) mass is 360 g/mol. The van der Waals surface area contributed by atoms with Gasteiger partial charge in [-0.2, -0.15) is 0 Å². The molecule has 1 fully saturated rings. The topological polar surface area (TPSA) is 71.3 Å². The molecule has 2 N–H and O–H groups in total. The zero-order chi connectivity index (χ0) is 18.7. The van der Waals surface area contributed by atoms with Gasteiger partial charge in [0.25, 0.3) is 11.8 Å². The molecule has 4 rings (SSSR count). The Morgan fingerprint density at radius 1 is 0.889 bits per heavy atom. The van der Waals surface area contributed by atoms with E-state index in [4.69, 9.17) is 4.42 Å². The average molecular weight is 360 g/mol. The van der Waals surface area contributed by atoms with E-state index in [0.29, 0.717) is 17.8 Å². The van der Waals surface area contributed by atoms with Gasteiger partial charge in [-0.25, -0.2) is 0 Å². The first-order valence-corrected chi connectivity index (χ1v) is 8.95. The maximum absolute atomic E-state index is 12.5. The average Bonchev–Trinajstić information content (AvgIpc) is 3.30. The fraction of sp³-hybridized carbons (Fsp3) is 0.182. The van der Waals surface area contributed by atoms with Crippen molar-refractivity contribution < 1.29 is 14.0 Å². The fourth-order valence-corrected chi connectivity index (χ4v) is 3.17. The molecule has 0 aliphatic heterocycles. The van der Waals surface area contributed by atoms with Crippen LogP contribution in [0.25, 0.3) is 0 Å². The minimum absolute atomic E-state index is 0.0773. The van der Waals surface area contributed by atoms with Gasteiger partial charge in [-0.3, -0.25) is 9.59 Å². The first-order valence-electron chi connectivity index (χ1n) is 8.95. The Balaban J connectivity index is 1.35. The van der Waals surface area contributed by atoms with Crippen molar-refractivity contribution in [3.8, 4) is 0 Å². The van der Waals surface area contributed by atoms with Crippen LogP contribution in [0.5, 0.6) is 0 Å². The first kappa shape index (κ1) is 17.1. The van der Waals surface area contributed by atoms with Gasteiger partial charge in [0.15, 0.2) is 5.76 Å². The second-order valence-corrected chi connectivity index (χ2v) is 6.84. The van der Waals surface area contributed by atoms with Gasteiger partial charge < -0.3 is 15.1 Å².